The van der Waals surface area contributed by atoms with E-state index in [1.165, 1.54) is 18.4 Å². The van der Waals surface area contributed by atoms with Crippen molar-refractivity contribution >= 4 is 5.91 Å². The van der Waals surface area contributed by atoms with Gasteiger partial charge in [-0.15, -0.1) is 0 Å². The molecular formula is C28H38N2O2. The van der Waals surface area contributed by atoms with Crippen molar-refractivity contribution in [2.45, 2.75) is 76.4 Å². The SMILES string of the molecule is C=CNC1(C(=O)N(C)CCCC)c2cc(C#CC3CC3)ccc2CC12CCC(OC)CC2. The Balaban J connectivity index is 1.80. The number of amides is 1. The smallest absolute Gasteiger partial charge is 0.253 e. The number of likely N-dealkylation sites (N-methyl/N-ethyl adjacent to an activating group) is 1. The summed E-state index contributed by atoms with van der Waals surface area (Å²) in [5.74, 6) is 7.48. The van der Waals surface area contributed by atoms with Crippen LogP contribution in [0.4, 0.5) is 0 Å². The molecular weight excluding hydrogens is 396 g/mol. The second-order valence-electron chi connectivity index (χ2n) is 9.99. The van der Waals surface area contributed by atoms with E-state index in [-0.39, 0.29) is 17.4 Å². The number of rotatable bonds is 7. The van der Waals surface area contributed by atoms with E-state index in [0.717, 1.165) is 62.6 Å². The van der Waals surface area contributed by atoms with E-state index >= 15 is 0 Å². The van der Waals surface area contributed by atoms with E-state index in [0.29, 0.717) is 5.92 Å². The standard InChI is InChI=1S/C28H38N2O2/c1-5-7-18-30(3)26(31)28(29-6-2)25-19-22(11-10-21-8-9-21)12-13-23(25)20-27(28)16-14-24(32-4)15-17-27/h6,12-13,19,21,24,29H,2,5,7-9,14-18,20H2,1,3-4H3. The van der Waals surface area contributed by atoms with Crippen LogP contribution in [0.15, 0.2) is 31.0 Å². The van der Waals surface area contributed by atoms with Crippen LogP contribution < -0.4 is 5.32 Å². The van der Waals surface area contributed by atoms with Gasteiger partial charge >= 0.3 is 0 Å². The number of nitrogens with one attached hydrogen (secondary N) is 1. The first kappa shape index (κ1) is 22.9. The number of hydrogen-bond donors (Lipinski definition) is 1. The molecule has 3 aliphatic carbocycles. The lowest BCUT2D eigenvalue weighted by molar-refractivity contribution is -0.145. The summed E-state index contributed by atoms with van der Waals surface area (Å²) in [5.41, 5.74) is 2.40. The quantitative estimate of drug-likeness (QED) is 0.629. The molecule has 172 valence electrons. The van der Waals surface area contributed by atoms with Crippen LogP contribution >= 0.6 is 0 Å². The van der Waals surface area contributed by atoms with E-state index in [1.807, 2.05) is 11.9 Å². The number of methoxy groups -OCH3 is 1. The first-order chi connectivity index (χ1) is 15.5. The second-order valence-corrected chi connectivity index (χ2v) is 9.99. The Hall–Kier alpha value is -2.25. The molecule has 2 fully saturated rings. The Kier molecular flexibility index (Phi) is 6.67. The zero-order chi connectivity index (χ0) is 22.8. The molecule has 1 N–H and O–H groups in total. The summed E-state index contributed by atoms with van der Waals surface area (Å²) in [6.45, 7) is 6.94. The van der Waals surface area contributed by atoms with E-state index in [4.69, 9.17) is 4.74 Å². The number of carbonyl (C=O) groups excluding carboxylic acids is 1. The molecule has 1 spiro atoms. The number of benzene rings is 1. The van der Waals surface area contributed by atoms with E-state index in [2.05, 4.69) is 48.9 Å². The van der Waals surface area contributed by atoms with Crippen molar-refractivity contribution in [3.8, 4) is 11.8 Å². The van der Waals surface area contributed by atoms with Gasteiger partial charge in [0.25, 0.3) is 5.91 Å². The van der Waals surface area contributed by atoms with Crippen LogP contribution in [0.5, 0.6) is 0 Å². The summed E-state index contributed by atoms with van der Waals surface area (Å²) in [4.78, 5) is 16.2. The molecule has 0 saturated heterocycles. The third-order valence-electron chi connectivity index (χ3n) is 7.89. The molecule has 0 bridgehead atoms. The van der Waals surface area contributed by atoms with Gasteiger partial charge in [-0.3, -0.25) is 4.79 Å². The van der Waals surface area contributed by atoms with Gasteiger partial charge in [-0.25, -0.2) is 0 Å². The Bertz CT molecular complexity index is 915. The molecule has 0 aliphatic heterocycles. The van der Waals surface area contributed by atoms with Crippen LogP contribution in [0.3, 0.4) is 0 Å². The molecule has 1 atom stereocenters. The van der Waals surface area contributed by atoms with Gasteiger partial charge in [-0.05, 0) is 80.8 Å². The van der Waals surface area contributed by atoms with Crippen molar-refractivity contribution in [2.24, 2.45) is 11.3 Å². The minimum Gasteiger partial charge on any atom is -0.381 e. The molecule has 4 rings (SSSR count). The van der Waals surface area contributed by atoms with Crippen molar-refractivity contribution in [1.29, 1.82) is 0 Å². The van der Waals surface area contributed by atoms with Crippen LogP contribution in [0.2, 0.25) is 0 Å². The monoisotopic (exact) mass is 434 g/mol. The van der Waals surface area contributed by atoms with Gasteiger partial charge < -0.3 is 15.0 Å². The highest BCUT2D eigenvalue weighted by Gasteiger charge is 2.63. The maximum Gasteiger partial charge on any atom is 0.253 e. The number of ether oxygens (including phenoxy) is 1. The number of hydrogen-bond acceptors (Lipinski definition) is 3. The molecule has 4 nitrogen and oxygen atoms in total. The highest BCUT2D eigenvalue weighted by atomic mass is 16.5. The van der Waals surface area contributed by atoms with Gasteiger partial charge in [-0.1, -0.05) is 37.8 Å². The lowest BCUT2D eigenvalue weighted by Gasteiger charge is -2.50. The van der Waals surface area contributed by atoms with Gasteiger partial charge in [0.2, 0.25) is 0 Å². The third-order valence-corrected chi connectivity index (χ3v) is 7.89. The third kappa shape index (κ3) is 3.97. The fourth-order valence-corrected chi connectivity index (χ4v) is 5.86. The van der Waals surface area contributed by atoms with Crippen LogP contribution in [0.25, 0.3) is 0 Å². The number of carbonyl (C=O) groups is 1. The number of nitrogens with zero attached hydrogens (tertiary/aromatic N) is 1. The van der Waals surface area contributed by atoms with Crippen LogP contribution in [-0.2, 0) is 21.5 Å². The Morgan fingerprint density at radius 2 is 2.06 bits per heavy atom. The van der Waals surface area contributed by atoms with Gasteiger partial charge in [0.1, 0.15) is 5.54 Å². The van der Waals surface area contributed by atoms with E-state index in [9.17, 15) is 4.79 Å². The number of fused-ring (bicyclic) bond motifs is 1. The molecule has 2 saturated carbocycles. The first-order valence-corrected chi connectivity index (χ1v) is 12.3. The maximum absolute atomic E-state index is 14.3. The van der Waals surface area contributed by atoms with Crippen molar-refractivity contribution in [2.75, 3.05) is 20.7 Å². The van der Waals surface area contributed by atoms with Crippen molar-refractivity contribution in [3.63, 3.8) is 0 Å². The zero-order valence-electron chi connectivity index (χ0n) is 20.0. The highest BCUT2D eigenvalue weighted by Crippen LogP contribution is 2.58. The predicted molar refractivity (Wildman–Crippen MR) is 129 cm³/mol. The molecule has 0 aromatic heterocycles. The average Bonchev–Trinajstić information content (AvgIpc) is 3.61. The molecule has 0 heterocycles. The lowest BCUT2D eigenvalue weighted by atomic mass is 9.60. The zero-order valence-corrected chi connectivity index (χ0v) is 20.0. The Labute approximate surface area is 193 Å². The molecule has 1 unspecified atom stereocenters. The minimum absolute atomic E-state index is 0.160. The molecule has 0 radical (unpaired) electrons. The minimum atomic E-state index is -0.803. The molecule has 3 aliphatic rings. The summed E-state index contributed by atoms with van der Waals surface area (Å²) >= 11 is 0. The summed E-state index contributed by atoms with van der Waals surface area (Å²) < 4.78 is 5.69. The fourth-order valence-electron chi connectivity index (χ4n) is 5.86. The summed E-state index contributed by atoms with van der Waals surface area (Å²) in [6.07, 6.45) is 11.3. The van der Waals surface area contributed by atoms with Gasteiger partial charge in [0.05, 0.1) is 6.10 Å². The summed E-state index contributed by atoms with van der Waals surface area (Å²) in [5, 5.41) is 3.55. The topological polar surface area (TPSA) is 41.6 Å². The van der Waals surface area contributed by atoms with Gasteiger partial charge in [0.15, 0.2) is 0 Å². The van der Waals surface area contributed by atoms with Crippen molar-refractivity contribution < 1.29 is 9.53 Å². The Morgan fingerprint density at radius 1 is 1.31 bits per heavy atom. The highest BCUT2D eigenvalue weighted by molar-refractivity contribution is 5.91. The van der Waals surface area contributed by atoms with Crippen LogP contribution in [0.1, 0.15) is 75.0 Å². The molecule has 1 aromatic rings. The summed E-state index contributed by atoms with van der Waals surface area (Å²) in [6, 6.07) is 6.53. The van der Waals surface area contributed by atoms with Crippen LogP contribution in [-0.4, -0.2) is 37.6 Å². The van der Waals surface area contributed by atoms with Gasteiger partial charge in [-0.2, -0.15) is 0 Å². The normalized spacial score (nSPS) is 28.5. The molecule has 4 heteroatoms. The maximum atomic E-state index is 14.3. The number of unbranched alkanes of at least 4 members (excludes halogenated alkanes) is 1. The van der Waals surface area contributed by atoms with Crippen molar-refractivity contribution in [1.82, 2.24) is 10.2 Å². The van der Waals surface area contributed by atoms with Gasteiger partial charge in [0, 0.05) is 37.6 Å². The average molecular weight is 435 g/mol. The first-order valence-electron chi connectivity index (χ1n) is 12.3. The Morgan fingerprint density at radius 3 is 2.69 bits per heavy atom. The predicted octanol–water partition coefficient (Wildman–Crippen LogP) is 4.77. The van der Waals surface area contributed by atoms with E-state index < -0.39 is 5.54 Å². The summed E-state index contributed by atoms with van der Waals surface area (Å²) in [7, 11) is 3.75. The lowest BCUT2D eigenvalue weighted by Crippen LogP contribution is -2.62. The van der Waals surface area contributed by atoms with Crippen molar-refractivity contribution in [3.05, 3.63) is 47.7 Å². The molecule has 1 aromatic carbocycles. The van der Waals surface area contributed by atoms with E-state index in [1.54, 1.807) is 13.3 Å². The fraction of sp³-hybridized carbons (Fsp3) is 0.607. The molecule has 32 heavy (non-hydrogen) atoms. The molecule has 1 amide bonds. The second kappa shape index (κ2) is 9.32. The largest absolute Gasteiger partial charge is 0.381 e. The van der Waals surface area contributed by atoms with Crippen LogP contribution in [0, 0.1) is 23.2 Å².